The van der Waals surface area contributed by atoms with Crippen molar-refractivity contribution in [1.29, 1.82) is 0 Å². The van der Waals surface area contributed by atoms with Gasteiger partial charge in [0.2, 0.25) is 0 Å². The van der Waals surface area contributed by atoms with E-state index in [0.29, 0.717) is 41.8 Å². The van der Waals surface area contributed by atoms with Gasteiger partial charge >= 0.3 is 0 Å². The topological polar surface area (TPSA) is 87.7 Å². The number of hydrogen-bond acceptors (Lipinski definition) is 7. The van der Waals surface area contributed by atoms with Gasteiger partial charge in [0.1, 0.15) is 0 Å². The third-order valence-corrected chi connectivity index (χ3v) is 14.0. The third-order valence-electron chi connectivity index (χ3n) is 11.5. The van der Waals surface area contributed by atoms with Gasteiger partial charge in [-0.2, -0.15) is 0 Å². The van der Waals surface area contributed by atoms with Gasteiger partial charge < -0.3 is 16.2 Å². The Labute approximate surface area is 235 Å². The number of nitrogens with two attached hydrogens (primary N) is 1. The summed E-state index contributed by atoms with van der Waals surface area (Å²) in [6.45, 7) is 5.83. The second-order valence-corrected chi connectivity index (χ2v) is 15.5. The summed E-state index contributed by atoms with van der Waals surface area (Å²) in [5, 5.41) is 14.0. The summed E-state index contributed by atoms with van der Waals surface area (Å²) in [6, 6.07) is 10.8. The van der Waals surface area contributed by atoms with Crippen LogP contribution in [0.1, 0.15) is 64.4 Å². The highest BCUT2D eigenvalue weighted by Gasteiger charge is 2.68. The van der Waals surface area contributed by atoms with Crippen molar-refractivity contribution in [3.05, 3.63) is 47.0 Å². The van der Waals surface area contributed by atoms with Gasteiger partial charge in [-0.25, -0.2) is 0 Å². The molecule has 3 aliphatic carbocycles. The number of allylic oxidation sites excluding steroid dienone is 2. The lowest BCUT2D eigenvalue weighted by molar-refractivity contribution is -0.123. The Balaban J connectivity index is 1.33. The molecule has 38 heavy (non-hydrogen) atoms. The zero-order chi connectivity index (χ0) is 26.5. The summed E-state index contributed by atoms with van der Waals surface area (Å²) < 4.78 is 0. The number of aliphatic hydroxyl groups excluding tert-OH is 1. The zero-order valence-corrected chi connectivity index (χ0v) is 24.5. The first-order valence-corrected chi connectivity index (χ1v) is 17.0. The summed E-state index contributed by atoms with van der Waals surface area (Å²) >= 11 is 0. The van der Waals surface area contributed by atoms with Crippen LogP contribution in [0.5, 0.6) is 0 Å². The summed E-state index contributed by atoms with van der Waals surface area (Å²) in [5.41, 5.74) is 10.3. The monoisotopic (exact) mass is 553 g/mol. The first kappa shape index (κ1) is 26.8. The molecule has 2 heterocycles. The van der Waals surface area contributed by atoms with Crippen LogP contribution in [0.3, 0.4) is 0 Å². The van der Waals surface area contributed by atoms with Gasteiger partial charge in [0.25, 0.3) is 0 Å². The van der Waals surface area contributed by atoms with Crippen molar-refractivity contribution in [1.82, 2.24) is 5.32 Å². The van der Waals surface area contributed by atoms with Crippen LogP contribution >= 0.6 is 21.6 Å². The van der Waals surface area contributed by atoms with E-state index in [0.717, 1.165) is 68.6 Å². The van der Waals surface area contributed by atoms with Crippen LogP contribution in [0, 0.1) is 34.5 Å². The maximum absolute atomic E-state index is 13.7. The van der Waals surface area contributed by atoms with Gasteiger partial charge in [-0.1, -0.05) is 71.3 Å². The number of hydrogen-bond donors (Lipinski definition) is 3. The van der Waals surface area contributed by atoms with Crippen LogP contribution in [-0.4, -0.2) is 47.0 Å². The van der Waals surface area contributed by atoms with Crippen LogP contribution in [0.2, 0.25) is 0 Å². The Morgan fingerprint density at radius 1 is 1.21 bits per heavy atom. The minimum absolute atomic E-state index is 0.0529. The number of aliphatic imine (C=N–C) groups is 1. The molecule has 2 saturated carbocycles. The summed E-state index contributed by atoms with van der Waals surface area (Å²) in [4.78, 5) is 18.4. The first-order chi connectivity index (χ1) is 18.3. The number of nitrogens with zero attached hydrogens (tertiary/aromatic N) is 1. The molecule has 0 unspecified atom stereocenters. The molecule has 2 aliphatic heterocycles. The first-order valence-electron chi connectivity index (χ1n) is 14.6. The number of nitrogens with one attached hydrogen (secondary N) is 1. The second kappa shape index (κ2) is 10.2. The van der Waals surface area contributed by atoms with Gasteiger partial charge in [0, 0.05) is 42.4 Å². The van der Waals surface area contributed by atoms with E-state index < -0.39 is 0 Å². The van der Waals surface area contributed by atoms with E-state index in [1.807, 2.05) is 21.6 Å². The molecule has 0 amide bonds. The molecule has 7 atom stereocenters. The number of Topliss-reactive ketones (excluding diaryl/α,β-unsaturated/α-hetero) is 1. The van der Waals surface area contributed by atoms with Crippen molar-refractivity contribution in [3.8, 4) is 0 Å². The van der Waals surface area contributed by atoms with E-state index in [1.54, 1.807) is 0 Å². The second-order valence-electron chi connectivity index (χ2n) is 12.9. The van der Waals surface area contributed by atoms with Crippen LogP contribution < -0.4 is 11.1 Å². The maximum atomic E-state index is 13.7. The standard InChI is InChI=1S/C31H43N3O2S2/c1-20-22(18-35)14-23-15-26-25-9-6-10-30(19-38-37-12-11-29(23,2)31(20,26)16-27(25)36)24(17-33-28(32)34-30)13-21-7-4-3-5-8-21/h3-5,7-8,20,22-24,35H,6,9-19H2,1-2H3,(H3,32,33,34)/t20-,22+,23-,24+,29-,30+,31-/m0/s1. The minimum Gasteiger partial charge on any atom is -0.396 e. The molecule has 1 aromatic rings. The average Bonchev–Trinajstić information content (AvgIpc) is 3.26. The molecule has 2 fully saturated rings. The highest BCUT2D eigenvalue weighted by molar-refractivity contribution is 8.76. The summed E-state index contributed by atoms with van der Waals surface area (Å²) in [7, 11) is 4.00. The Morgan fingerprint density at radius 2 is 2.03 bits per heavy atom. The third kappa shape index (κ3) is 4.09. The molecular formula is C31H43N3O2S2. The van der Waals surface area contributed by atoms with Crippen molar-refractivity contribution < 1.29 is 9.90 Å². The van der Waals surface area contributed by atoms with Gasteiger partial charge in [0.15, 0.2) is 11.7 Å². The fraction of sp³-hybridized carbons (Fsp3) is 0.677. The minimum atomic E-state index is -0.133. The number of guanidine groups is 1. The van der Waals surface area contributed by atoms with E-state index >= 15 is 0 Å². The molecular weight excluding hydrogens is 510 g/mol. The number of benzene rings is 1. The fourth-order valence-corrected chi connectivity index (χ4v) is 12.1. The molecule has 0 radical (unpaired) electrons. The number of carbonyl (C=O) groups is 1. The average molecular weight is 554 g/mol. The lowest BCUT2D eigenvalue weighted by Crippen LogP contribution is -2.61. The van der Waals surface area contributed by atoms with E-state index in [9.17, 15) is 9.90 Å². The van der Waals surface area contributed by atoms with Gasteiger partial charge in [-0.15, -0.1) is 0 Å². The number of ketones is 1. The van der Waals surface area contributed by atoms with Crippen molar-refractivity contribution in [2.75, 3.05) is 24.7 Å². The molecule has 4 N–H and O–H groups in total. The van der Waals surface area contributed by atoms with Crippen molar-refractivity contribution in [3.63, 3.8) is 0 Å². The summed E-state index contributed by atoms with van der Waals surface area (Å²) in [6.07, 6.45) is 7.79. The fourth-order valence-electron chi connectivity index (χ4n) is 9.28. The molecule has 5 aliphatic rings. The normalized spacial score (nSPS) is 41.2. The highest BCUT2D eigenvalue weighted by Crippen LogP contribution is 2.74. The zero-order valence-electron chi connectivity index (χ0n) is 22.9. The van der Waals surface area contributed by atoms with E-state index in [4.69, 9.17) is 5.73 Å². The van der Waals surface area contributed by atoms with Gasteiger partial charge in [0.05, 0.1) is 5.54 Å². The predicted octanol–water partition coefficient (Wildman–Crippen LogP) is 5.39. The lowest BCUT2D eigenvalue weighted by atomic mass is 9.48. The summed E-state index contributed by atoms with van der Waals surface area (Å²) in [5.74, 6) is 4.64. The Hall–Kier alpha value is -1.44. The number of rotatable bonds is 3. The van der Waals surface area contributed by atoms with E-state index in [1.165, 1.54) is 11.1 Å². The molecule has 2 spiro atoms. The van der Waals surface area contributed by atoms with Crippen molar-refractivity contribution in [2.45, 2.75) is 70.8 Å². The molecule has 5 bridgehead atoms. The van der Waals surface area contributed by atoms with Crippen molar-refractivity contribution in [2.24, 2.45) is 45.2 Å². The van der Waals surface area contributed by atoms with Crippen LogP contribution in [0.4, 0.5) is 0 Å². The quantitative estimate of drug-likeness (QED) is 0.435. The molecule has 6 rings (SSSR count). The smallest absolute Gasteiger partial charge is 0.189 e. The van der Waals surface area contributed by atoms with Gasteiger partial charge in [-0.05, 0) is 79.3 Å². The lowest BCUT2D eigenvalue weighted by Gasteiger charge is -2.55. The number of carbonyl (C=O) groups excluding carboxylic acids is 1. The molecule has 7 heteroatoms. The molecule has 0 aromatic heterocycles. The highest BCUT2D eigenvalue weighted by atomic mass is 33.1. The van der Waals surface area contributed by atoms with E-state index in [2.05, 4.69) is 54.5 Å². The molecule has 5 nitrogen and oxygen atoms in total. The largest absolute Gasteiger partial charge is 0.396 e. The molecule has 0 saturated heterocycles. The predicted molar refractivity (Wildman–Crippen MR) is 159 cm³/mol. The Kier molecular flexibility index (Phi) is 7.18. The van der Waals surface area contributed by atoms with Gasteiger partial charge in [-0.3, -0.25) is 9.79 Å². The van der Waals surface area contributed by atoms with Crippen molar-refractivity contribution >= 4 is 33.3 Å². The molecule has 1 aromatic carbocycles. The van der Waals surface area contributed by atoms with Crippen LogP contribution in [0.25, 0.3) is 0 Å². The SMILES string of the molecule is C[C@H]1[C@@H](CO)C[C@H]2CC3=C4CCC[C@]5(CSSCC[C@]2(C)[C@]31CC4=O)NC(N)=NC[C@H]5Cc1ccccc1. The Bertz CT molecular complexity index is 1140. The van der Waals surface area contributed by atoms with Crippen LogP contribution in [0.15, 0.2) is 46.5 Å². The molecule has 206 valence electrons. The maximum Gasteiger partial charge on any atom is 0.189 e. The Morgan fingerprint density at radius 3 is 2.82 bits per heavy atom. The van der Waals surface area contributed by atoms with E-state index in [-0.39, 0.29) is 23.0 Å². The number of aliphatic hydroxyl groups is 1. The van der Waals surface area contributed by atoms with Crippen LogP contribution in [-0.2, 0) is 11.2 Å².